The second kappa shape index (κ2) is 9.15. The number of halogens is 4. The van der Waals surface area contributed by atoms with Crippen LogP contribution in [0, 0.1) is 10.6 Å². The minimum atomic E-state index is -4.49. The first-order valence-corrected chi connectivity index (χ1v) is 11.0. The van der Waals surface area contributed by atoms with Gasteiger partial charge in [-0.3, -0.25) is 4.79 Å². The first-order chi connectivity index (χ1) is 14.1. The zero-order chi connectivity index (χ0) is 22.1. The lowest BCUT2D eigenvalue weighted by Crippen LogP contribution is -2.23. The molecular weight excluding hydrogens is 530 g/mol. The fourth-order valence-electron chi connectivity index (χ4n) is 2.94. The summed E-state index contributed by atoms with van der Waals surface area (Å²) in [6.07, 6.45) is -2.96. The molecule has 3 aromatic rings. The van der Waals surface area contributed by atoms with E-state index in [1.165, 1.54) is 23.5 Å². The van der Waals surface area contributed by atoms with E-state index in [0.717, 1.165) is 22.0 Å². The lowest BCUT2D eigenvalue weighted by Gasteiger charge is -2.18. The van der Waals surface area contributed by atoms with Gasteiger partial charge in [-0.05, 0) is 61.1 Å². The molecule has 1 unspecified atom stereocenters. The fraction of sp³-hybridized carbons (Fsp3) is 0.350. The van der Waals surface area contributed by atoms with E-state index in [-0.39, 0.29) is 23.8 Å². The summed E-state index contributed by atoms with van der Waals surface area (Å²) in [6, 6.07) is 4.73. The van der Waals surface area contributed by atoms with Crippen LogP contribution in [-0.4, -0.2) is 14.5 Å². The SMILES string of the molecule is CCn1c(COC(C)c2cnc(C)s2)nc(=O)c(-c2cccc(C(F)(F)F)c2)c1I. The Morgan fingerprint density at radius 1 is 1.33 bits per heavy atom. The van der Waals surface area contributed by atoms with E-state index in [1.54, 1.807) is 10.8 Å². The zero-order valence-electron chi connectivity index (χ0n) is 16.5. The molecule has 10 heteroatoms. The number of aromatic nitrogens is 3. The molecule has 30 heavy (non-hydrogen) atoms. The smallest absolute Gasteiger partial charge is 0.365 e. The highest BCUT2D eigenvalue weighted by molar-refractivity contribution is 14.1. The van der Waals surface area contributed by atoms with Gasteiger partial charge in [0.25, 0.3) is 5.56 Å². The molecule has 1 atom stereocenters. The molecule has 0 aliphatic rings. The van der Waals surface area contributed by atoms with Crippen LogP contribution < -0.4 is 5.56 Å². The van der Waals surface area contributed by atoms with Crippen molar-refractivity contribution in [3.05, 3.63) is 65.8 Å². The predicted octanol–water partition coefficient (Wildman–Crippen LogP) is 5.60. The van der Waals surface area contributed by atoms with Crippen molar-refractivity contribution in [3.8, 4) is 11.1 Å². The highest BCUT2D eigenvalue weighted by Gasteiger charge is 2.31. The van der Waals surface area contributed by atoms with Gasteiger partial charge in [-0.25, -0.2) is 4.98 Å². The van der Waals surface area contributed by atoms with E-state index in [9.17, 15) is 18.0 Å². The van der Waals surface area contributed by atoms with Crippen molar-refractivity contribution in [3.63, 3.8) is 0 Å². The summed E-state index contributed by atoms with van der Waals surface area (Å²) >= 11 is 3.51. The van der Waals surface area contributed by atoms with Gasteiger partial charge in [0.15, 0.2) is 0 Å². The number of ether oxygens (including phenoxy) is 1. The maximum absolute atomic E-state index is 13.1. The van der Waals surface area contributed by atoms with Gasteiger partial charge in [-0.1, -0.05) is 12.1 Å². The number of rotatable bonds is 6. The average Bonchev–Trinajstić information content (AvgIpc) is 3.12. The van der Waals surface area contributed by atoms with Crippen LogP contribution in [0.2, 0.25) is 0 Å². The van der Waals surface area contributed by atoms with Crippen LogP contribution in [0.5, 0.6) is 0 Å². The van der Waals surface area contributed by atoms with Crippen molar-refractivity contribution in [1.82, 2.24) is 14.5 Å². The van der Waals surface area contributed by atoms with Crippen LogP contribution in [0.1, 0.15) is 41.2 Å². The third-order valence-corrected chi connectivity index (χ3v) is 6.69. The Morgan fingerprint density at radius 2 is 2.07 bits per heavy atom. The molecule has 3 rings (SSSR count). The third-order valence-electron chi connectivity index (χ3n) is 4.50. The maximum Gasteiger partial charge on any atom is 0.416 e. The zero-order valence-corrected chi connectivity index (χ0v) is 19.4. The van der Waals surface area contributed by atoms with Gasteiger partial charge in [-0.15, -0.1) is 11.3 Å². The molecule has 0 aliphatic heterocycles. The number of hydrogen-bond acceptors (Lipinski definition) is 5. The van der Waals surface area contributed by atoms with Crippen LogP contribution >= 0.6 is 33.9 Å². The van der Waals surface area contributed by atoms with Gasteiger partial charge in [0, 0.05) is 12.7 Å². The lowest BCUT2D eigenvalue weighted by atomic mass is 10.1. The van der Waals surface area contributed by atoms with Crippen molar-refractivity contribution in [1.29, 1.82) is 0 Å². The molecule has 0 saturated carbocycles. The second-order valence-electron chi connectivity index (χ2n) is 6.56. The van der Waals surface area contributed by atoms with Crippen molar-refractivity contribution in [2.45, 2.75) is 46.2 Å². The van der Waals surface area contributed by atoms with Gasteiger partial charge in [0.2, 0.25) is 0 Å². The molecule has 0 saturated heterocycles. The minimum Gasteiger partial charge on any atom is -0.365 e. The van der Waals surface area contributed by atoms with E-state index in [1.807, 2.05) is 43.4 Å². The van der Waals surface area contributed by atoms with Gasteiger partial charge in [0.05, 0.1) is 30.8 Å². The Labute approximate surface area is 189 Å². The molecule has 1 aromatic carbocycles. The van der Waals surface area contributed by atoms with Gasteiger partial charge < -0.3 is 9.30 Å². The quantitative estimate of drug-likeness (QED) is 0.297. The van der Waals surface area contributed by atoms with Gasteiger partial charge in [-0.2, -0.15) is 18.2 Å². The maximum atomic E-state index is 13.1. The predicted molar refractivity (Wildman–Crippen MR) is 117 cm³/mol. The highest BCUT2D eigenvalue weighted by Crippen LogP contribution is 2.32. The first kappa shape index (κ1) is 22.9. The minimum absolute atomic E-state index is 0.0973. The first-order valence-electron chi connectivity index (χ1n) is 9.12. The van der Waals surface area contributed by atoms with E-state index in [4.69, 9.17) is 4.74 Å². The van der Waals surface area contributed by atoms with Crippen LogP contribution in [0.4, 0.5) is 13.2 Å². The third kappa shape index (κ3) is 4.92. The monoisotopic (exact) mass is 549 g/mol. The molecule has 5 nitrogen and oxygen atoms in total. The van der Waals surface area contributed by atoms with Crippen molar-refractivity contribution in [2.75, 3.05) is 0 Å². The number of hydrogen-bond donors (Lipinski definition) is 0. The van der Waals surface area contributed by atoms with Crippen LogP contribution in [0.15, 0.2) is 35.3 Å². The summed E-state index contributed by atoms with van der Waals surface area (Å²) in [5.74, 6) is 0.427. The summed E-state index contributed by atoms with van der Waals surface area (Å²) in [4.78, 5) is 22.0. The summed E-state index contributed by atoms with van der Waals surface area (Å²) in [5, 5.41) is 0.934. The number of aryl methyl sites for hydroxylation is 1. The fourth-order valence-corrected chi connectivity index (χ4v) is 4.89. The normalized spacial score (nSPS) is 12.9. The summed E-state index contributed by atoms with van der Waals surface area (Å²) in [6.45, 7) is 6.27. The molecule has 0 spiro atoms. The molecule has 0 N–H and O–H groups in total. The standard InChI is InChI=1S/C20H19F3IN3O2S/c1-4-27-16(10-29-11(2)15-9-25-12(3)30-15)26-19(28)17(18(27)24)13-6-5-7-14(8-13)20(21,22)23/h5-9,11H,4,10H2,1-3H3. The molecule has 160 valence electrons. The molecule has 0 bridgehead atoms. The molecular formula is C20H19F3IN3O2S. The largest absolute Gasteiger partial charge is 0.416 e. The Balaban J connectivity index is 1.95. The average molecular weight is 549 g/mol. The van der Waals surface area contributed by atoms with E-state index >= 15 is 0 Å². The second-order valence-corrected chi connectivity index (χ2v) is 8.84. The van der Waals surface area contributed by atoms with E-state index in [2.05, 4.69) is 9.97 Å². The lowest BCUT2D eigenvalue weighted by molar-refractivity contribution is -0.137. The number of alkyl halides is 3. The Hall–Kier alpha value is -1.79. The Bertz CT molecular complexity index is 1110. The van der Waals surface area contributed by atoms with Crippen molar-refractivity contribution < 1.29 is 17.9 Å². The molecule has 2 heterocycles. The molecule has 0 aliphatic carbocycles. The molecule has 0 fully saturated rings. The van der Waals surface area contributed by atoms with E-state index in [0.29, 0.717) is 16.1 Å². The van der Waals surface area contributed by atoms with Gasteiger partial charge in [0.1, 0.15) is 12.4 Å². The molecule has 0 amide bonds. The van der Waals surface area contributed by atoms with Crippen molar-refractivity contribution >= 4 is 33.9 Å². The molecule has 2 aromatic heterocycles. The van der Waals surface area contributed by atoms with Gasteiger partial charge >= 0.3 is 6.18 Å². The van der Waals surface area contributed by atoms with E-state index < -0.39 is 17.3 Å². The molecule has 0 radical (unpaired) electrons. The highest BCUT2D eigenvalue weighted by atomic mass is 127. The number of thiazole rings is 1. The number of nitrogens with zero attached hydrogens (tertiary/aromatic N) is 3. The summed E-state index contributed by atoms with van der Waals surface area (Å²) < 4.78 is 47.5. The number of benzene rings is 1. The van der Waals surface area contributed by atoms with Crippen LogP contribution in [0.25, 0.3) is 11.1 Å². The summed E-state index contributed by atoms with van der Waals surface area (Å²) in [5.41, 5.74) is -1.05. The Kier molecular flexibility index (Phi) is 6.98. The Morgan fingerprint density at radius 3 is 2.67 bits per heavy atom. The van der Waals surface area contributed by atoms with Crippen LogP contribution in [0.3, 0.4) is 0 Å². The topological polar surface area (TPSA) is 57.0 Å². The summed E-state index contributed by atoms with van der Waals surface area (Å²) in [7, 11) is 0. The van der Waals surface area contributed by atoms with Crippen LogP contribution in [-0.2, 0) is 24.1 Å². The van der Waals surface area contributed by atoms with Crippen molar-refractivity contribution in [2.24, 2.45) is 0 Å².